The van der Waals surface area contributed by atoms with Crippen molar-refractivity contribution >= 4 is 28.9 Å². The molecule has 0 heterocycles. The summed E-state index contributed by atoms with van der Waals surface area (Å²) in [5, 5.41) is 0.282. The normalized spacial score (nSPS) is 10.2. The van der Waals surface area contributed by atoms with Gasteiger partial charge in [0.1, 0.15) is 0 Å². The number of hydrogen-bond donors (Lipinski definition) is 2. The Labute approximate surface area is 99.5 Å². The fraction of sp³-hybridized carbons (Fsp3) is 0.364. The van der Waals surface area contributed by atoms with E-state index in [1.807, 2.05) is 6.92 Å². The first-order chi connectivity index (χ1) is 7.49. The molecule has 0 radical (unpaired) electrons. The number of carbonyl (C=O) groups is 1. The molecular formula is C11H15ClN2O2. The number of benzene rings is 1. The van der Waals surface area contributed by atoms with Crippen molar-refractivity contribution in [3.05, 3.63) is 22.2 Å². The van der Waals surface area contributed by atoms with E-state index in [1.54, 1.807) is 6.92 Å². The van der Waals surface area contributed by atoms with Gasteiger partial charge in [0, 0.05) is 0 Å². The zero-order valence-electron chi connectivity index (χ0n) is 9.34. The summed E-state index contributed by atoms with van der Waals surface area (Å²) < 4.78 is 5.01. The Morgan fingerprint density at radius 3 is 2.69 bits per heavy atom. The summed E-state index contributed by atoms with van der Waals surface area (Å²) >= 11 is 5.86. The molecule has 1 rings (SSSR count). The van der Waals surface area contributed by atoms with Crippen LogP contribution >= 0.6 is 11.6 Å². The van der Waals surface area contributed by atoms with Gasteiger partial charge < -0.3 is 16.2 Å². The van der Waals surface area contributed by atoms with Gasteiger partial charge in [-0.15, -0.1) is 0 Å². The van der Waals surface area contributed by atoms with Gasteiger partial charge in [0.05, 0.1) is 28.6 Å². The van der Waals surface area contributed by atoms with Gasteiger partial charge in [-0.25, -0.2) is 4.79 Å². The lowest BCUT2D eigenvalue weighted by Crippen LogP contribution is -2.10. The molecule has 4 N–H and O–H groups in total. The third-order valence-electron chi connectivity index (χ3n) is 2.25. The van der Waals surface area contributed by atoms with Crippen LogP contribution in [-0.4, -0.2) is 12.6 Å². The quantitative estimate of drug-likeness (QED) is 0.630. The lowest BCUT2D eigenvalue weighted by molar-refractivity contribution is 0.0504. The van der Waals surface area contributed by atoms with Crippen LogP contribution in [0.1, 0.15) is 29.3 Å². The predicted octanol–water partition coefficient (Wildman–Crippen LogP) is 2.38. The van der Waals surface area contributed by atoms with E-state index in [4.69, 9.17) is 27.8 Å². The molecule has 0 bridgehead atoms. The summed E-state index contributed by atoms with van der Waals surface area (Å²) in [6.45, 7) is 4.01. The number of esters is 1. The maximum atomic E-state index is 11.7. The first kappa shape index (κ1) is 12.6. The highest BCUT2D eigenvalue weighted by Gasteiger charge is 2.16. The van der Waals surface area contributed by atoms with Crippen molar-refractivity contribution in [1.82, 2.24) is 0 Å². The Morgan fingerprint density at radius 1 is 1.50 bits per heavy atom. The molecule has 0 fully saturated rings. The summed E-state index contributed by atoms with van der Waals surface area (Å²) in [7, 11) is 0. The molecule has 0 spiro atoms. The fourth-order valence-electron chi connectivity index (χ4n) is 1.28. The number of nitrogen functional groups attached to an aromatic ring is 2. The summed E-state index contributed by atoms with van der Waals surface area (Å²) in [5.41, 5.74) is 12.9. The SMILES string of the molecule is CCCOC(=O)c1cc(N)c(Cl)c(N)c1C. The van der Waals surface area contributed by atoms with Gasteiger partial charge >= 0.3 is 5.97 Å². The van der Waals surface area contributed by atoms with Crippen LogP contribution in [0.3, 0.4) is 0 Å². The molecule has 5 heteroatoms. The van der Waals surface area contributed by atoms with Crippen molar-refractivity contribution in [3.63, 3.8) is 0 Å². The molecule has 1 aromatic carbocycles. The van der Waals surface area contributed by atoms with Gasteiger partial charge in [-0.3, -0.25) is 0 Å². The molecule has 0 aliphatic heterocycles. The molecule has 0 aromatic heterocycles. The lowest BCUT2D eigenvalue weighted by atomic mass is 10.1. The molecule has 16 heavy (non-hydrogen) atoms. The second-order valence-electron chi connectivity index (χ2n) is 3.50. The number of nitrogens with two attached hydrogens (primary N) is 2. The smallest absolute Gasteiger partial charge is 0.338 e. The van der Waals surface area contributed by atoms with E-state index in [0.29, 0.717) is 23.4 Å². The topological polar surface area (TPSA) is 78.3 Å². The van der Waals surface area contributed by atoms with Crippen molar-refractivity contribution in [2.45, 2.75) is 20.3 Å². The predicted molar refractivity (Wildman–Crippen MR) is 65.6 cm³/mol. The zero-order chi connectivity index (χ0) is 12.3. The molecule has 0 amide bonds. The second kappa shape index (κ2) is 5.07. The first-order valence-electron chi connectivity index (χ1n) is 5.00. The Balaban J connectivity index is 3.10. The maximum Gasteiger partial charge on any atom is 0.338 e. The first-order valence-corrected chi connectivity index (χ1v) is 5.38. The number of halogens is 1. The van der Waals surface area contributed by atoms with Gasteiger partial charge in [0.15, 0.2) is 0 Å². The average molecular weight is 243 g/mol. The summed E-state index contributed by atoms with van der Waals surface area (Å²) in [6.07, 6.45) is 0.767. The van der Waals surface area contributed by atoms with Crippen LogP contribution in [0.15, 0.2) is 6.07 Å². The van der Waals surface area contributed by atoms with Gasteiger partial charge in [0.25, 0.3) is 0 Å². The third-order valence-corrected chi connectivity index (χ3v) is 2.68. The Morgan fingerprint density at radius 2 is 2.12 bits per heavy atom. The highest BCUT2D eigenvalue weighted by molar-refractivity contribution is 6.36. The van der Waals surface area contributed by atoms with Crippen LogP contribution in [0.4, 0.5) is 11.4 Å². The highest BCUT2D eigenvalue weighted by Crippen LogP contribution is 2.31. The van der Waals surface area contributed by atoms with Gasteiger partial charge in [-0.1, -0.05) is 18.5 Å². The molecule has 88 valence electrons. The molecule has 0 saturated heterocycles. The van der Waals surface area contributed by atoms with Crippen LogP contribution in [0.25, 0.3) is 0 Å². The standard InChI is InChI=1S/C11H15ClN2O2/c1-3-4-16-11(15)7-5-8(13)9(12)10(14)6(7)2/h5H,3-4,13-14H2,1-2H3. The maximum absolute atomic E-state index is 11.7. The van der Waals surface area contributed by atoms with Crippen LogP contribution in [0, 0.1) is 6.92 Å². The van der Waals surface area contributed by atoms with Crippen LogP contribution < -0.4 is 11.5 Å². The molecule has 0 aliphatic rings. The number of carbonyl (C=O) groups excluding carboxylic acids is 1. The van der Waals surface area contributed by atoms with Crippen LogP contribution in [0.5, 0.6) is 0 Å². The van der Waals surface area contributed by atoms with Crippen molar-refractivity contribution < 1.29 is 9.53 Å². The largest absolute Gasteiger partial charge is 0.462 e. The lowest BCUT2D eigenvalue weighted by Gasteiger charge is -2.11. The molecule has 0 unspecified atom stereocenters. The molecule has 0 saturated carbocycles. The van der Waals surface area contributed by atoms with E-state index < -0.39 is 5.97 Å². The van der Waals surface area contributed by atoms with E-state index in [2.05, 4.69) is 0 Å². The second-order valence-corrected chi connectivity index (χ2v) is 3.88. The van der Waals surface area contributed by atoms with Crippen molar-refractivity contribution in [2.24, 2.45) is 0 Å². The van der Waals surface area contributed by atoms with Crippen molar-refractivity contribution in [1.29, 1.82) is 0 Å². The average Bonchev–Trinajstić information content (AvgIpc) is 2.28. The molecule has 1 aromatic rings. The highest BCUT2D eigenvalue weighted by atomic mass is 35.5. The minimum atomic E-state index is -0.422. The van der Waals surface area contributed by atoms with E-state index in [1.165, 1.54) is 6.07 Å². The van der Waals surface area contributed by atoms with Crippen LogP contribution in [-0.2, 0) is 4.74 Å². The van der Waals surface area contributed by atoms with Gasteiger partial charge in [-0.2, -0.15) is 0 Å². The molecular weight excluding hydrogens is 228 g/mol. The van der Waals surface area contributed by atoms with Crippen molar-refractivity contribution in [2.75, 3.05) is 18.1 Å². The van der Waals surface area contributed by atoms with E-state index in [-0.39, 0.29) is 10.7 Å². The Hall–Kier alpha value is -1.42. The minimum absolute atomic E-state index is 0.282. The molecule has 0 aliphatic carbocycles. The summed E-state index contributed by atoms with van der Waals surface area (Å²) in [6, 6.07) is 1.49. The fourth-order valence-corrected chi connectivity index (χ4v) is 1.47. The molecule has 4 nitrogen and oxygen atoms in total. The van der Waals surface area contributed by atoms with Crippen molar-refractivity contribution in [3.8, 4) is 0 Å². The van der Waals surface area contributed by atoms with E-state index in [0.717, 1.165) is 6.42 Å². The van der Waals surface area contributed by atoms with E-state index in [9.17, 15) is 4.79 Å². The number of ether oxygens (including phenoxy) is 1. The number of hydrogen-bond acceptors (Lipinski definition) is 4. The molecule has 0 atom stereocenters. The number of rotatable bonds is 3. The Kier molecular flexibility index (Phi) is 4.01. The minimum Gasteiger partial charge on any atom is -0.462 e. The summed E-state index contributed by atoms with van der Waals surface area (Å²) in [5.74, 6) is -0.422. The number of anilines is 2. The zero-order valence-corrected chi connectivity index (χ0v) is 10.1. The Bertz CT molecular complexity index is 419. The summed E-state index contributed by atoms with van der Waals surface area (Å²) in [4.78, 5) is 11.7. The van der Waals surface area contributed by atoms with Crippen LogP contribution in [0.2, 0.25) is 5.02 Å². The van der Waals surface area contributed by atoms with Gasteiger partial charge in [0.2, 0.25) is 0 Å². The third kappa shape index (κ3) is 2.39. The van der Waals surface area contributed by atoms with Gasteiger partial charge in [-0.05, 0) is 25.0 Å². The van der Waals surface area contributed by atoms with E-state index >= 15 is 0 Å². The monoisotopic (exact) mass is 242 g/mol.